The van der Waals surface area contributed by atoms with Gasteiger partial charge in [-0.05, 0) is 37.6 Å². The smallest absolute Gasteiger partial charge is 0.227 e. The molecule has 1 aromatic heterocycles. The number of para-hydroxylation sites is 1. The molecule has 1 aliphatic heterocycles. The minimum Gasteiger partial charge on any atom is -0.340 e. The van der Waals surface area contributed by atoms with Crippen LogP contribution in [0.1, 0.15) is 18.1 Å². The van der Waals surface area contributed by atoms with Gasteiger partial charge in [0.2, 0.25) is 5.95 Å². The normalized spacial score (nSPS) is 15.7. The van der Waals surface area contributed by atoms with Gasteiger partial charge in [0.1, 0.15) is 5.82 Å². The van der Waals surface area contributed by atoms with Crippen molar-refractivity contribution in [3.8, 4) is 0 Å². The molecule has 0 aliphatic carbocycles. The number of piperazine rings is 1. The SMILES string of the molecule is CCc1cccc(C)c1Nc1ccnc(N2CCN(C)CC2)n1. The van der Waals surface area contributed by atoms with Crippen LogP contribution in [0.4, 0.5) is 17.5 Å². The standard InChI is InChI=1S/C18H25N5/c1-4-15-7-5-6-14(2)17(15)20-16-8-9-19-18(21-16)23-12-10-22(3)11-13-23/h5-9H,4,10-13H2,1-3H3,(H,19,20,21). The van der Waals surface area contributed by atoms with Gasteiger partial charge in [-0.25, -0.2) is 4.98 Å². The molecule has 1 aliphatic rings. The second-order valence-electron chi connectivity index (χ2n) is 6.12. The van der Waals surface area contributed by atoms with Crippen LogP contribution in [0.25, 0.3) is 0 Å². The molecule has 5 nitrogen and oxygen atoms in total. The number of aromatic nitrogens is 2. The summed E-state index contributed by atoms with van der Waals surface area (Å²) in [4.78, 5) is 13.8. The highest BCUT2D eigenvalue weighted by Crippen LogP contribution is 2.25. The fourth-order valence-corrected chi connectivity index (χ4v) is 2.91. The fraction of sp³-hybridized carbons (Fsp3) is 0.444. The van der Waals surface area contributed by atoms with E-state index in [1.54, 1.807) is 0 Å². The van der Waals surface area contributed by atoms with Gasteiger partial charge >= 0.3 is 0 Å². The summed E-state index contributed by atoms with van der Waals surface area (Å²) in [7, 11) is 2.15. The van der Waals surface area contributed by atoms with Crippen LogP contribution in [0.2, 0.25) is 0 Å². The fourth-order valence-electron chi connectivity index (χ4n) is 2.91. The van der Waals surface area contributed by atoms with Crippen LogP contribution in [-0.4, -0.2) is 48.1 Å². The van der Waals surface area contributed by atoms with Crippen molar-refractivity contribution >= 4 is 17.5 Å². The lowest BCUT2D eigenvalue weighted by Gasteiger charge is -2.32. The number of likely N-dealkylation sites (N-methyl/N-ethyl adjacent to an activating group) is 1. The van der Waals surface area contributed by atoms with Crippen LogP contribution in [0.15, 0.2) is 30.5 Å². The first-order valence-electron chi connectivity index (χ1n) is 8.29. The van der Waals surface area contributed by atoms with Crippen molar-refractivity contribution in [1.82, 2.24) is 14.9 Å². The molecule has 5 heteroatoms. The summed E-state index contributed by atoms with van der Waals surface area (Å²) >= 11 is 0. The van der Waals surface area contributed by atoms with Crippen molar-refractivity contribution in [2.24, 2.45) is 0 Å². The van der Waals surface area contributed by atoms with Crippen molar-refractivity contribution in [3.63, 3.8) is 0 Å². The minimum absolute atomic E-state index is 0.815. The summed E-state index contributed by atoms with van der Waals surface area (Å²) < 4.78 is 0. The number of aryl methyl sites for hydroxylation is 2. The molecule has 1 fully saturated rings. The lowest BCUT2D eigenvalue weighted by atomic mass is 10.1. The maximum Gasteiger partial charge on any atom is 0.227 e. The van der Waals surface area contributed by atoms with Gasteiger partial charge in [-0.1, -0.05) is 25.1 Å². The molecule has 23 heavy (non-hydrogen) atoms. The monoisotopic (exact) mass is 311 g/mol. The Morgan fingerprint density at radius 3 is 2.65 bits per heavy atom. The van der Waals surface area contributed by atoms with Crippen LogP contribution in [0.5, 0.6) is 0 Å². The Kier molecular flexibility index (Phi) is 4.76. The van der Waals surface area contributed by atoms with E-state index in [1.165, 1.54) is 11.1 Å². The van der Waals surface area contributed by atoms with Crippen LogP contribution in [0.3, 0.4) is 0 Å². The zero-order valence-electron chi connectivity index (χ0n) is 14.2. The molecule has 0 bridgehead atoms. The van der Waals surface area contributed by atoms with Crippen LogP contribution >= 0.6 is 0 Å². The molecule has 3 rings (SSSR count). The van der Waals surface area contributed by atoms with E-state index in [-0.39, 0.29) is 0 Å². The Morgan fingerprint density at radius 1 is 1.13 bits per heavy atom. The molecular weight excluding hydrogens is 286 g/mol. The number of hydrogen-bond acceptors (Lipinski definition) is 5. The van der Waals surface area contributed by atoms with E-state index in [2.05, 4.69) is 59.2 Å². The Morgan fingerprint density at radius 2 is 1.91 bits per heavy atom. The Bertz CT molecular complexity index is 662. The largest absolute Gasteiger partial charge is 0.340 e. The zero-order chi connectivity index (χ0) is 16.2. The van der Waals surface area contributed by atoms with Crippen molar-refractivity contribution in [2.75, 3.05) is 43.4 Å². The highest BCUT2D eigenvalue weighted by atomic mass is 15.3. The average molecular weight is 311 g/mol. The molecule has 0 radical (unpaired) electrons. The summed E-state index contributed by atoms with van der Waals surface area (Å²) in [5.74, 6) is 1.67. The van der Waals surface area contributed by atoms with Crippen LogP contribution in [-0.2, 0) is 6.42 Å². The summed E-state index contributed by atoms with van der Waals surface area (Å²) in [6.07, 6.45) is 2.84. The molecule has 1 N–H and O–H groups in total. The molecule has 122 valence electrons. The lowest BCUT2D eigenvalue weighted by Crippen LogP contribution is -2.45. The van der Waals surface area contributed by atoms with Crippen molar-refractivity contribution < 1.29 is 0 Å². The molecular formula is C18H25N5. The Hall–Kier alpha value is -2.14. The molecule has 0 spiro atoms. The number of hydrogen-bond donors (Lipinski definition) is 1. The number of benzene rings is 1. The van der Waals surface area contributed by atoms with E-state index in [0.29, 0.717) is 0 Å². The minimum atomic E-state index is 0.815. The lowest BCUT2D eigenvalue weighted by molar-refractivity contribution is 0.311. The predicted molar refractivity (Wildman–Crippen MR) is 95.6 cm³/mol. The predicted octanol–water partition coefficient (Wildman–Crippen LogP) is 2.84. The van der Waals surface area contributed by atoms with Crippen molar-refractivity contribution in [3.05, 3.63) is 41.6 Å². The maximum atomic E-state index is 4.72. The van der Waals surface area contributed by atoms with E-state index >= 15 is 0 Å². The zero-order valence-corrected chi connectivity index (χ0v) is 14.2. The summed E-state index contributed by atoms with van der Waals surface area (Å²) in [5, 5.41) is 3.49. The van der Waals surface area contributed by atoms with E-state index in [0.717, 1.165) is 50.1 Å². The molecule has 0 amide bonds. The highest BCUT2D eigenvalue weighted by Gasteiger charge is 2.16. The first-order valence-corrected chi connectivity index (χ1v) is 8.29. The molecule has 1 saturated heterocycles. The third-order valence-electron chi connectivity index (χ3n) is 4.42. The summed E-state index contributed by atoms with van der Waals surface area (Å²) in [6, 6.07) is 8.34. The highest BCUT2D eigenvalue weighted by molar-refractivity contribution is 5.65. The van der Waals surface area contributed by atoms with Gasteiger partial charge in [0.05, 0.1) is 0 Å². The molecule has 2 heterocycles. The third kappa shape index (κ3) is 3.62. The van der Waals surface area contributed by atoms with E-state index < -0.39 is 0 Å². The van der Waals surface area contributed by atoms with Crippen molar-refractivity contribution in [2.45, 2.75) is 20.3 Å². The van der Waals surface area contributed by atoms with Gasteiger partial charge in [-0.15, -0.1) is 0 Å². The van der Waals surface area contributed by atoms with E-state index in [1.807, 2.05) is 12.3 Å². The maximum absolute atomic E-state index is 4.72. The average Bonchev–Trinajstić information content (AvgIpc) is 2.57. The van der Waals surface area contributed by atoms with Gasteiger partial charge < -0.3 is 15.1 Å². The number of nitrogens with one attached hydrogen (secondary N) is 1. The third-order valence-corrected chi connectivity index (χ3v) is 4.42. The molecule has 1 aromatic carbocycles. The first kappa shape index (κ1) is 15.7. The Labute approximate surface area is 138 Å². The summed E-state index contributed by atoms with van der Waals surface area (Å²) in [5.41, 5.74) is 3.71. The van der Waals surface area contributed by atoms with Crippen LogP contribution in [0, 0.1) is 6.92 Å². The van der Waals surface area contributed by atoms with Crippen LogP contribution < -0.4 is 10.2 Å². The molecule has 2 aromatic rings. The molecule has 0 unspecified atom stereocenters. The second kappa shape index (κ2) is 6.96. The molecule has 0 saturated carbocycles. The quantitative estimate of drug-likeness (QED) is 0.940. The Balaban J connectivity index is 1.81. The van der Waals surface area contributed by atoms with Gasteiger partial charge in [-0.2, -0.15) is 4.98 Å². The number of rotatable bonds is 4. The van der Waals surface area contributed by atoms with E-state index in [9.17, 15) is 0 Å². The number of nitrogens with zero attached hydrogens (tertiary/aromatic N) is 4. The topological polar surface area (TPSA) is 44.3 Å². The van der Waals surface area contributed by atoms with Gasteiger partial charge in [0.25, 0.3) is 0 Å². The second-order valence-corrected chi connectivity index (χ2v) is 6.12. The molecule has 0 atom stereocenters. The van der Waals surface area contributed by atoms with E-state index in [4.69, 9.17) is 4.98 Å². The number of anilines is 3. The van der Waals surface area contributed by atoms with Gasteiger partial charge in [-0.3, -0.25) is 0 Å². The van der Waals surface area contributed by atoms with Gasteiger partial charge in [0.15, 0.2) is 0 Å². The summed E-state index contributed by atoms with van der Waals surface area (Å²) in [6.45, 7) is 8.37. The van der Waals surface area contributed by atoms with Gasteiger partial charge in [0, 0.05) is 38.1 Å². The first-order chi connectivity index (χ1) is 11.2. The van der Waals surface area contributed by atoms with Crippen molar-refractivity contribution in [1.29, 1.82) is 0 Å².